The lowest BCUT2D eigenvalue weighted by Crippen LogP contribution is -2.64. The Morgan fingerprint density at radius 1 is 1.06 bits per heavy atom. The number of hydrogen-bond donors (Lipinski definition) is 2. The predicted octanol–water partition coefficient (Wildman–Crippen LogP) is 3.95. The van der Waals surface area contributed by atoms with Gasteiger partial charge in [0.25, 0.3) is 0 Å². The van der Waals surface area contributed by atoms with Crippen molar-refractivity contribution in [1.29, 1.82) is 0 Å². The molecule has 0 aromatic rings. The third-order valence-corrected chi connectivity index (χ3v) is 9.74. The average molecular weight is 663 g/mol. The number of fused-ring (bicyclic) bond motifs is 3. The van der Waals surface area contributed by atoms with Crippen LogP contribution in [0, 0.1) is 11.8 Å². The first-order chi connectivity index (χ1) is 21.7. The minimum atomic E-state index is -2.61. The normalized spacial score (nSPS) is 33.9. The summed E-state index contributed by atoms with van der Waals surface area (Å²) in [5.74, 6) is -4.89. The Bertz CT molecular complexity index is 1370. The molecule has 1 aliphatic heterocycles. The molecule has 3 rings (SSSR count). The Morgan fingerprint density at radius 3 is 2.26 bits per heavy atom. The quantitative estimate of drug-likeness (QED) is 0.141. The Hall–Kier alpha value is -3.51. The van der Waals surface area contributed by atoms with Crippen LogP contribution >= 0.6 is 0 Å². The fraction of sp³-hybridized carbons (Fsp3) is 0.686. The predicted molar refractivity (Wildman–Crippen MR) is 168 cm³/mol. The van der Waals surface area contributed by atoms with Gasteiger partial charge in [0.2, 0.25) is 0 Å². The van der Waals surface area contributed by atoms with Crippen LogP contribution in [0.1, 0.15) is 101 Å². The number of esters is 5. The van der Waals surface area contributed by atoms with E-state index < -0.39 is 83.4 Å². The Labute approximate surface area is 276 Å². The van der Waals surface area contributed by atoms with Crippen molar-refractivity contribution in [2.24, 2.45) is 11.8 Å². The summed E-state index contributed by atoms with van der Waals surface area (Å²) in [7, 11) is 0. The molecule has 9 atom stereocenters. The van der Waals surface area contributed by atoms with E-state index in [4.69, 9.17) is 23.7 Å². The van der Waals surface area contributed by atoms with Crippen LogP contribution < -0.4 is 0 Å². The van der Waals surface area contributed by atoms with Crippen molar-refractivity contribution in [1.82, 2.24) is 0 Å². The van der Waals surface area contributed by atoms with E-state index in [9.17, 15) is 34.2 Å². The van der Waals surface area contributed by atoms with Crippen LogP contribution in [0.5, 0.6) is 0 Å². The first kappa shape index (κ1) is 37.9. The smallest absolute Gasteiger partial charge is 0.341 e. The molecule has 2 aliphatic carbocycles. The van der Waals surface area contributed by atoms with Gasteiger partial charge >= 0.3 is 29.8 Å². The maximum atomic E-state index is 13.4. The number of carbonyl (C=O) groups excluding carboxylic acids is 5. The molecule has 2 fully saturated rings. The van der Waals surface area contributed by atoms with Gasteiger partial charge in [-0.25, -0.2) is 14.4 Å². The second-order valence-electron chi connectivity index (χ2n) is 13.7. The van der Waals surface area contributed by atoms with Crippen molar-refractivity contribution in [3.05, 3.63) is 34.4 Å². The van der Waals surface area contributed by atoms with Gasteiger partial charge in [0.15, 0.2) is 29.5 Å². The monoisotopic (exact) mass is 662 g/mol. The molecule has 2 N–H and O–H groups in total. The summed E-state index contributed by atoms with van der Waals surface area (Å²) in [6.07, 6.45) is -1.28. The Morgan fingerprint density at radius 2 is 1.70 bits per heavy atom. The zero-order valence-electron chi connectivity index (χ0n) is 29.1. The van der Waals surface area contributed by atoms with Crippen LogP contribution in [0.2, 0.25) is 0 Å². The SMILES string of the molecule is C/C=C(/C)C(=O)O[C@H]1C(C)=C2[C@H]([C@@H]1OC(=O)CCCC(C)CC)[C@@](C)(OC(C)=O)C[C@H](OC(=O)C=C(C)C)[C@@]1(O)[C@H]2OC(=O)[C@@]1(C)O. The molecule has 1 heterocycles. The fourth-order valence-electron chi connectivity index (χ4n) is 6.81. The highest BCUT2D eigenvalue weighted by Crippen LogP contribution is 2.57. The van der Waals surface area contributed by atoms with E-state index in [0.717, 1.165) is 19.8 Å². The molecule has 0 amide bonds. The summed E-state index contributed by atoms with van der Waals surface area (Å²) in [6.45, 7) is 16.0. The molecule has 12 nitrogen and oxygen atoms in total. The van der Waals surface area contributed by atoms with Crippen LogP contribution in [0.4, 0.5) is 0 Å². The van der Waals surface area contributed by atoms with Gasteiger partial charge in [0.1, 0.15) is 11.7 Å². The van der Waals surface area contributed by atoms with E-state index in [2.05, 4.69) is 13.8 Å². The van der Waals surface area contributed by atoms with E-state index >= 15 is 0 Å². The summed E-state index contributed by atoms with van der Waals surface area (Å²) in [5.41, 5.74) is -5.69. The molecule has 0 radical (unpaired) electrons. The largest absolute Gasteiger partial charge is 0.459 e. The van der Waals surface area contributed by atoms with E-state index in [-0.39, 0.29) is 23.1 Å². The molecule has 3 aliphatic rings. The summed E-state index contributed by atoms with van der Waals surface area (Å²) in [6, 6.07) is 0. The molecular weight excluding hydrogens is 612 g/mol. The van der Waals surface area contributed by atoms with E-state index in [0.29, 0.717) is 17.9 Å². The van der Waals surface area contributed by atoms with Crippen molar-refractivity contribution in [2.45, 2.75) is 143 Å². The standard InChI is InChI=1S/C35H50O12/c1-11-19(5)14-13-15-24(37)44-29-27-26(21(7)28(29)45-31(39)20(6)12-2)30-35(42,34(10,41)32(40)46-30)23(43-25(38)16-18(3)4)17-33(27,9)47-22(8)36/h12,16,19,23,27-30,41-42H,11,13-15,17H2,1-10H3/b20-12-/t19?,23-,27+,28-,29-,30-,33-,34+,35+/m0/s1. The van der Waals surface area contributed by atoms with Gasteiger partial charge in [0.05, 0.1) is 5.92 Å². The maximum Gasteiger partial charge on any atom is 0.341 e. The van der Waals surface area contributed by atoms with Crippen LogP contribution in [0.3, 0.4) is 0 Å². The second-order valence-corrected chi connectivity index (χ2v) is 13.7. The van der Waals surface area contributed by atoms with Crippen LogP contribution in [-0.2, 0) is 47.7 Å². The second kappa shape index (κ2) is 14.3. The lowest BCUT2D eigenvalue weighted by molar-refractivity contribution is -0.210. The van der Waals surface area contributed by atoms with Gasteiger partial charge < -0.3 is 33.9 Å². The van der Waals surface area contributed by atoms with Gasteiger partial charge in [-0.05, 0) is 72.0 Å². The van der Waals surface area contributed by atoms with Crippen molar-refractivity contribution in [2.75, 3.05) is 0 Å². The molecule has 1 saturated heterocycles. The molecular formula is C35H50O12. The molecule has 12 heteroatoms. The topological polar surface area (TPSA) is 172 Å². The highest BCUT2D eigenvalue weighted by atomic mass is 16.6. The molecule has 0 bridgehead atoms. The number of ether oxygens (including phenoxy) is 5. The maximum absolute atomic E-state index is 13.4. The number of allylic oxidation sites excluding steroid dienone is 2. The number of aliphatic hydroxyl groups is 2. The van der Waals surface area contributed by atoms with Crippen molar-refractivity contribution >= 4 is 29.8 Å². The fourth-order valence-corrected chi connectivity index (χ4v) is 6.81. The third-order valence-electron chi connectivity index (χ3n) is 9.74. The van der Waals surface area contributed by atoms with Crippen molar-refractivity contribution in [3.63, 3.8) is 0 Å². The van der Waals surface area contributed by atoms with Gasteiger partial charge in [0, 0.05) is 31.4 Å². The summed E-state index contributed by atoms with van der Waals surface area (Å²) < 4.78 is 29.3. The average Bonchev–Trinajstić information content (AvgIpc) is 3.30. The van der Waals surface area contributed by atoms with Gasteiger partial charge in [-0.1, -0.05) is 38.3 Å². The van der Waals surface area contributed by atoms with E-state index in [1.54, 1.807) is 40.7 Å². The number of rotatable bonds is 11. The first-order valence-electron chi connectivity index (χ1n) is 16.2. The summed E-state index contributed by atoms with van der Waals surface area (Å²) in [5, 5.41) is 23.9. The molecule has 47 heavy (non-hydrogen) atoms. The number of hydrogen-bond acceptors (Lipinski definition) is 12. The molecule has 262 valence electrons. The molecule has 0 spiro atoms. The first-order valence-corrected chi connectivity index (χ1v) is 16.2. The highest BCUT2D eigenvalue weighted by molar-refractivity contribution is 5.88. The molecule has 1 unspecified atom stereocenters. The molecule has 0 aromatic carbocycles. The molecule has 1 saturated carbocycles. The van der Waals surface area contributed by atoms with Crippen molar-refractivity contribution < 1.29 is 57.9 Å². The van der Waals surface area contributed by atoms with E-state index in [1.165, 1.54) is 19.9 Å². The Kier molecular flexibility index (Phi) is 11.6. The van der Waals surface area contributed by atoms with Gasteiger partial charge in [-0.2, -0.15) is 0 Å². The van der Waals surface area contributed by atoms with Crippen LogP contribution in [0.25, 0.3) is 0 Å². The zero-order valence-corrected chi connectivity index (χ0v) is 29.1. The third kappa shape index (κ3) is 7.33. The van der Waals surface area contributed by atoms with Crippen molar-refractivity contribution in [3.8, 4) is 0 Å². The lowest BCUT2D eigenvalue weighted by Gasteiger charge is -2.41. The van der Waals surface area contributed by atoms with Gasteiger partial charge in [-0.3, -0.25) is 9.59 Å². The Balaban J connectivity index is 2.27. The van der Waals surface area contributed by atoms with Gasteiger partial charge in [-0.15, -0.1) is 0 Å². The summed E-state index contributed by atoms with van der Waals surface area (Å²) in [4.78, 5) is 65.4. The zero-order chi connectivity index (χ0) is 35.6. The lowest BCUT2D eigenvalue weighted by atomic mass is 9.75. The highest BCUT2D eigenvalue weighted by Gasteiger charge is 2.76. The number of carbonyl (C=O) groups is 5. The minimum absolute atomic E-state index is 0.0563. The van der Waals surface area contributed by atoms with E-state index in [1.807, 2.05) is 0 Å². The minimum Gasteiger partial charge on any atom is -0.459 e. The summed E-state index contributed by atoms with van der Waals surface area (Å²) >= 11 is 0. The van der Waals surface area contributed by atoms with Crippen LogP contribution in [-0.4, -0.2) is 81.3 Å². The van der Waals surface area contributed by atoms with Crippen LogP contribution in [0.15, 0.2) is 34.4 Å². The molecule has 0 aromatic heterocycles.